The number of hydrogen-bond acceptors (Lipinski definition) is 1. The predicted molar refractivity (Wildman–Crippen MR) is 58.8 cm³/mol. The summed E-state index contributed by atoms with van der Waals surface area (Å²) in [6, 6.07) is 0.847. The smallest absolute Gasteiger partial charge is 0.00965 e. The Morgan fingerprint density at radius 1 is 1.31 bits per heavy atom. The van der Waals surface area contributed by atoms with Gasteiger partial charge in [-0.1, -0.05) is 34.1 Å². The molecule has 0 saturated heterocycles. The number of nitrogens with one attached hydrogen (secondary N) is 1. The molecule has 0 aromatic heterocycles. The topological polar surface area (TPSA) is 12.0 Å². The molecule has 0 radical (unpaired) electrons. The van der Waals surface area contributed by atoms with Gasteiger partial charge in [-0.2, -0.15) is 0 Å². The first-order valence-corrected chi connectivity index (χ1v) is 5.86. The lowest BCUT2D eigenvalue weighted by Gasteiger charge is -2.16. The molecule has 13 heavy (non-hydrogen) atoms. The second-order valence-corrected chi connectivity index (χ2v) is 5.08. The number of rotatable bonds is 6. The molecule has 1 saturated carbocycles. The van der Waals surface area contributed by atoms with Crippen LogP contribution in [0.25, 0.3) is 0 Å². The lowest BCUT2D eigenvalue weighted by atomic mass is 9.95. The van der Waals surface area contributed by atoms with E-state index in [1.165, 1.54) is 25.8 Å². The quantitative estimate of drug-likeness (QED) is 0.667. The average Bonchev–Trinajstić information content (AvgIpc) is 2.78. The summed E-state index contributed by atoms with van der Waals surface area (Å²) >= 11 is 0. The summed E-state index contributed by atoms with van der Waals surface area (Å²) in [6.45, 7) is 10.6. The second kappa shape index (κ2) is 4.99. The molecule has 1 aliphatic rings. The molecule has 0 aliphatic heterocycles. The summed E-state index contributed by atoms with van der Waals surface area (Å²) < 4.78 is 0. The fraction of sp³-hybridized carbons (Fsp3) is 1.00. The van der Waals surface area contributed by atoms with E-state index in [1.54, 1.807) is 0 Å². The van der Waals surface area contributed by atoms with Gasteiger partial charge in [0.15, 0.2) is 0 Å². The molecular weight excluding hydrogens is 158 g/mol. The van der Waals surface area contributed by atoms with Crippen LogP contribution in [0.2, 0.25) is 0 Å². The minimum atomic E-state index is 0.847. The van der Waals surface area contributed by atoms with Gasteiger partial charge in [-0.15, -0.1) is 0 Å². The van der Waals surface area contributed by atoms with E-state index in [-0.39, 0.29) is 0 Å². The van der Waals surface area contributed by atoms with E-state index in [1.807, 2.05) is 0 Å². The molecule has 78 valence electrons. The molecule has 0 amide bonds. The minimum absolute atomic E-state index is 0.847. The highest BCUT2D eigenvalue weighted by Gasteiger charge is 2.31. The zero-order valence-electron chi connectivity index (χ0n) is 9.64. The zero-order valence-corrected chi connectivity index (χ0v) is 9.64. The van der Waals surface area contributed by atoms with Crippen LogP contribution in [0.4, 0.5) is 0 Å². The molecule has 1 N–H and O–H groups in total. The van der Waals surface area contributed by atoms with Gasteiger partial charge in [0.05, 0.1) is 0 Å². The van der Waals surface area contributed by atoms with Crippen molar-refractivity contribution in [3.63, 3.8) is 0 Å². The molecule has 0 aromatic carbocycles. The molecule has 0 bridgehead atoms. The van der Waals surface area contributed by atoms with E-state index < -0.39 is 0 Å². The van der Waals surface area contributed by atoms with Crippen molar-refractivity contribution in [3.8, 4) is 0 Å². The van der Waals surface area contributed by atoms with E-state index in [0.29, 0.717) is 0 Å². The van der Waals surface area contributed by atoms with Crippen molar-refractivity contribution in [3.05, 3.63) is 0 Å². The van der Waals surface area contributed by atoms with Crippen LogP contribution in [0, 0.1) is 17.8 Å². The summed E-state index contributed by atoms with van der Waals surface area (Å²) in [5.74, 6) is 2.69. The van der Waals surface area contributed by atoms with Gasteiger partial charge < -0.3 is 5.32 Å². The van der Waals surface area contributed by atoms with Crippen molar-refractivity contribution in [1.29, 1.82) is 0 Å². The molecule has 4 atom stereocenters. The first kappa shape index (κ1) is 11.0. The summed E-state index contributed by atoms with van der Waals surface area (Å²) in [5, 5.41) is 3.64. The molecule has 4 unspecified atom stereocenters. The van der Waals surface area contributed by atoms with Gasteiger partial charge >= 0.3 is 0 Å². The van der Waals surface area contributed by atoms with Gasteiger partial charge in [0.1, 0.15) is 0 Å². The largest absolute Gasteiger partial charge is 0.313 e. The fourth-order valence-corrected chi connectivity index (χ4v) is 1.90. The summed E-state index contributed by atoms with van der Waals surface area (Å²) in [4.78, 5) is 0. The van der Waals surface area contributed by atoms with Crippen LogP contribution in [0.1, 0.15) is 47.0 Å². The number of hydrogen-bond donors (Lipinski definition) is 1. The van der Waals surface area contributed by atoms with E-state index in [2.05, 4.69) is 33.0 Å². The van der Waals surface area contributed by atoms with Gasteiger partial charge in [-0.25, -0.2) is 0 Å². The predicted octanol–water partition coefficient (Wildman–Crippen LogP) is 3.06. The first-order chi connectivity index (χ1) is 6.13. The lowest BCUT2D eigenvalue weighted by Crippen LogP contribution is -2.25. The van der Waals surface area contributed by atoms with E-state index in [0.717, 1.165) is 23.8 Å². The summed E-state index contributed by atoms with van der Waals surface area (Å²) in [7, 11) is 0. The van der Waals surface area contributed by atoms with Gasteiger partial charge in [-0.3, -0.25) is 0 Å². The van der Waals surface area contributed by atoms with Crippen molar-refractivity contribution in [1.82, 2.24) is 5.32 Å². The van der Waals surface area contributed by atoms with Gasteiger partial charge in [0.2, 0.25) is 0 Å². The molecule has 1 aliphatic carbocycles. The van der Waals surface area contributed by atoms with Crippen LogP contribution < -0.4 is 5.32 Å². The molecule has 1 nitrogen and oxygen atoms in total. The van der Waals surface area contributed by atoms with Crippen molar-refractivity contribution in [2.75, 3.05) is 6.54 Å². The molecule has 1 fully saturated rings. The zero-order chi connectivity index (χ0) is 9.84. The van der Waals surface area contributed by atoms with Crippen molar-refractivity contribution in [2.45, 2.75) is 53.0 Å². The molecule has 1 heteroatoms. The van der Waals surface area contributed by atoms with Gasteiger partial charge in [0.25, 0.3) is 0 Å². The Balaban J connectivity index is 2.00. The van der Waals surface area contributed by atoms with Crippen LogP contribution in [-0.4, -0.2) is 12.6 Å². The maximum atomic E-state index is 3.64. The first-order valence-electron chi connectivity index (χ1n) is 5.86. The van der Waals surface area contributed by atoms with Crippen LogP contribution in [0.15, 0.2) is 0 Å². The third-order valence-corrected chi connectivity index (χ3v) is 3.34. The Morgan fingerprint density at radius 2 is 1.92 bits per heavy atom. The van der Waals surface area contributed by atoms with E-state index in [4.69, 9.17) is 0 Å². The van der Waals surface area contributed by atoms with Crippen LogP contribution in [0.3, 0.4) is 0 Å². The second-order valence-electron chi connectivity index (χ2n) is 5.08. The van der Waals surface area contributed by atoms with Crippen LogP contribution >= 0.6 is 0 Å². The highest BCUT2D eigenvalue weighted by Crippen LogP contribution is 2.29. The molecule has 0 heterocycles. The maximum Gasteiger partial charge on any atom is 0.00965 e. The van der Waals surface area contributed by atoms with Crippen LogP contribution in [0.5, 0.6) is 0 Å². The summed E-state index contributed by atoms with van der Waals surface area (Å²) in [6.07, 6.45) is 4.10. The van der Waals surface area contributed by atoms with Gasteiger partial charge in [0, 0.05) is 6.04 Å². The Bertz CT molecular complexity index is 144. The van der Waals surface area contributed by atoms with Crippen molar-refractivity contribution >= 4 is 0 Å². The Hall–Kier alpha value is -0.0400. The molecule has 0 aromatic rings. The molecular formula is C12H25N. The monoisotopic (exact) mass is 183 g/mol. The highest BCUT2D eigenvalue weighted by atomic mass is 15.0. The van der Waals surface area contributed by atoms with E-state index in [9.17, 15) is 0 Å². The maximum absolute atomic E-state index is 3.64. The van der Waals surface area contributed by atoms with Crippen molar-refractivity contribution in [2.24, 2.45) is 17.8 Å². The minimum Gasteiger partial charge on any atom is -0.313 e. The Morgan fingerprint density at radius 3 is 2.38 bits per heavy atom. The highest BCUT2D eigenvalue weighted by molar-refractivity contribution is 4.89. The summed E-state index contributed by atoms with van der Waals surface area (Å²) in [5.41, 5.74) is 0. The Labute approximate surface area is 83.3 Å². The molecule has 1 rings (SSSR count). The van der Waals surface area contributed by atoms with Gasteiger partial charge in [-0.05, 0) is 37.1 Å². The third kappa shape index (κ3) is 4.12. The average molecular weight is 183 g/mol. The van der Waals surface area contributed by atoms with Crippen molar-refractivity contribution < 1.29 is 0 Å². The Kier molecular flexibility index (Phi) is 4.24. The van der Waals surface area contributed by atoms with Crippen LogP contribution in [-0.2, 0) is 0 Å². The molecule has 0 spiro atoms. The normalized spacial score (nSPS) is 31.4. The standard InChI is InChI=1S/C12H25N/c1-5-9(2)6-10(3)8-13-12-7-11(12)4/h9-13H,5-8H2,1-4H3. The lowest BCUT2D eigenvalue weighted by molar-refractivity contribution is 0.385. The third-order valence-electron chi connectivity index (χ3n) is 3.34. The SMILES string of the molecule is CCC(C)CC(C)CNC1CC1C. The van der Waals surface area contributed by atoms with E-state index >= 15 is 0 Å². The fourth-order valence-electron chi connectivity index (χ4n) is 1.90.